The second-order valence-corrected chi connectivity index (χ2v) is 27.4. The number of aliphatic hydroxyl groups excluding tert-OH is 3. The molecule has 8 aromatic rings. The number of benzene rings is 8. The molecule has 8 rings (SSSR count). The van der Waals surface area contributed by atoms with E-state index in [-0.39, 0.29) is 40.3 Å². The van der Waals surface area contributed by atoms with E-state index in [1.165, 1.54) is 60.7 Å². The van der Waals surface area contributed by atoms with Crippen molar-refractivity contribution in [2.45, 2.75) is 209 Å². The molecule has 113 heavy (non-hydrogen) atoms. The third kappa shape index (κ3) is 48.0. The molecule has 0 aliphatic heterocycles. The van der Waals surface area contributed by atoms with Gasteiger partial charge in [-0.2, -0.15) is 0 Å². The van der Waals surface area contributed by atoms with Gasteiger partial charge in [-0.3, -0.25) is 0 Å². The van der Waals surface area contributed by atoms with Crippen molar-refractivity contribution in [1.29, 1.82) is 43.3 Å². The first-order chi connectivity index (χ1) is 53.1. The second kappa shape index (κ2) is 55.7. The van der Waals surface area contributed by atoms with Gasteiger partial charge in [0.1, 0.15) is 46.5 Å². The van der Waals surface area contributed by atoms with E-state index in [1.807, 2.05) is 12.1 Å². The van der Waals surface area contributed by atoms with Gasteiger partial charge in [0, 0.05) is 69.5 Å². The van der Waals surface area contributed by atoms with Crippen LogP contribution in [0.15, 0.2) is 158 Å². The van der Waals surface area contributed by atoms with Crippen LogP contribution in [0, 0.1) is 95.6 Å². The lowest BCUT2D eigenvalue weighted by Gasteiger charge is -2.10. The minimum atomic E-state index is -0.934. The van der Waals surface area contributed by atoms with Crippen molar-refractivity contribution < 1.29 is 80.4 Å². The lowest BCUT2D eigenvalue weighted by atomic mass is 10.0. The molecule has 0 unspecified atom stereocenters. The molecule has 0 amide bonds. The van der Waals surface area contributed by atoms with Crippen LogP contribution in [0.25, 0.3) is 0 Å². The summed E-state index contributed by atoms with van der Waals surface area (Å²) in [5.74, 6) is -5.93. The van der Waals surface area contributed by atoms with Gasteiger partial charge in [-0.1, -0.05) is 60.7 Å². The molecule has 0 fully saturated rings. The zero-order valence-electron chi connectivity index (χ0n) is 65.6. The van der Waals surface area contributed by atoms with Crippen molar-refractivity contribution in [1.82, 2.24) is 0 Å². The van der Waals surface area contributed by atoms with Gasteiger partial charge < -0.3 is 84.1 Å². The number of nitrogens with one attached hydrogen (secondary N) is 8. The molecule has 16 N–H and O–H groups in total. The van der Waals surface area contributed by atoms with E-state index in [1.54, 1.807) is 110 Å². The molecule has 0 saturated heterocycles. The summed E-state index contributed by atoms with van der Waals surface area (Å²) in [6.07, 6.45) is 11.4. The van der Waals surface area contributed by atoms with E-state index in [9.17, 15) is 65.0 Å². The predicted molar refractivity (Wildman–Crippen MR) is 434 cm³/mol. The average Bonchev–Trinajstić information content (AvgIpc) is 0.857. The summed E-state index contributed by atoms with van der Waals surface area (Å²) in [6, 6.07) is 36.9. The fourth-order valence-corrected chi connectivity index (χ4v) is 10.3. The van der Waals surface area contributed by atoms with Crippen LogP contribution < -0.4 is 0 Å². The van der Waals surface area contributed by atoms with Crippen LogP contribution in [-0.4, -0.2) is 86.5 Å². The topological polar surface area (TPSA) is 353 Å². The summed E-state index contributed by atoms with van der Waals surface area (Å²) in [5.41, 5.74) is 9.55. The second-order valence-electron chi connectivity index (χ2n) is 27.4. The Kier molecular flexibility index (Phi) is 49.5. The van der Waals surface area contributed by atoms with Crippen molar-refractivity contribution in [3.63, 3.8) is 0 Å². The molecule has 25 heteroatoms. The van der Waals surface area contributed by atoms with E-state index in [4.69, 9.17) is 58.6 Å². The summed E-state index contributed by atoms with van der Waals surface area (Å²) < 4.78 is 115. The number of phenolic OH excluding ortho intramolecular Hbond substituents is 5. The molecule has 0 radical (unpaired) electrons. The first-order valence-electron chi connectivity index (χ1n) is 36.9. The summed E-state index contributed by atoms with van der Waals surface area (Å²) >= 11 is 0. The third-order valence-electron chi connectivity index (χ3n) is 16.3. The molecule has 0 aromatic heterocycles. The number of hydrogen-bond donors (Lipinski definition) is 16. The van der Waals surface area contributed by atoms with Crippen molar-refractivity contribution in [3.05, 3.63) is 255 Å². The minimum Gasteiger partial charge on any atom is -0.508 e. The van der Waals surface area contributed by atoms with Crippen LogP contribution in [0.5, 0.6) is 28.7 Å². The Hall–Kier alpha value is -10.6. The van der Waals surface area contributed by atoms with Gasteiger partial charge >= 0.3 is 0 Å². The molecule has 0 heterocycles. The summed E-state index contributed by atoms with van der Waals surface area (Å²) in [4.78, 5) is 0. The van der Waals surface area contributed by atoms with Gasteiger partial charge in [-0.25, -0.2) is 39.5 Å². The van der Waals surface area contributed by atoms with E-state index in [0.29, 0.717) is 157 Å². The van der Waals surface area contributed by atoms with Gasteiger partial charge in [0.05, 0.1) is 18.3 Å². The van der Waals surface area contributed by atoms with E-state index in [0.717, 1.165) is 92.3 Å². The maximum Gasteiger partial charge on any atom is 0.168 e. The Morgan fingerprint density at radius 3 is 1.10 bits per heavy atom. The standard InChI is InChI=1S/C11H13F2NO.2C11H14FNO2.3C11H14FNO.2C11H14FN/c1-7(14)3-2-4-8-5-9(12)6-10(13)11(8)15;1-7(13)2-5-10(14)8-3-4-9(12)11(15)6-8;1-7(13)3-2-4-8-5-9(12)6-10(14)11(8)15;1-8(13)2-7-11(14)9-3-5-10(12)6-4-9;1-8(13)3-2-4-9-5-10(12)7-11(14)6-9;1-8(13)5-6-11(14)9-3-2-4-10(12)7-9;1-9(13)4-2-5-10-6-3-7-11(12)8-10;1-9(13)5-4-7-10-6-2-3-8-11(10)12/h5-6,14-15H,2-4H2,1H3;3-4,6,10,13-15H,2,5H2,1H3;5-6,13-15H,2-4H2,1H3;3-6,11,13-14H,2,7H2,1H3;5-7,13-14H,2-4H2,1H3;2-4,7,11,13-14H,5-6H2,1H3;3,6-8,13H,2,4-5H2,1H3;2-3,6,8,13H,4-5,7H2,1H3/t;10-;;11-;;11-;;/m.0.0.0../s1/i12-1,13-1;7*12-1. The molecule has 0 aliphatic carbocycles. The Morgan fingerprint density at radius 2 is 0.655 bits per heavy atom. The number of aryl methyl sites for hydroxylation is 5. The van der Waals surface area contributed by atoms with E-state index < -0.39 is 64.6 Å². The fraction of sp³-hybridized carbons (Fsp3) is 0.364. The Morgan fingerprint density at radius 1 is 0.274 bits per heavy atom. The largest absolute Gasteiger partial charge is 0.508 e. The number of rotatable bonds is 32. The molecular weight excluding hydrogens is 1460 g/mol. The third-order valence-corrected chi connectivity index (χ3v) is 16.3. The normalized spacial score (nSPS) is 11.0. The van der Waals surface area contributed by atoms with Crippen LogP contribution in [0.3, 0.4) is 0 Å². The molecule has 3 atom stereocenters. The van der Waals surface area contributed by atoms with Crippen LogP contribution in [-0.2, 0) is 32.1 Å². The number of phenols is 5. The maximum atomic E-state index is 13.1. The van der Waals surface area contributed by atoms with Crippen LogP contribution >= 0.6 is 0 Å². The first-order valence-corrected chi connectivity index (χ1v) is 36.9. The highest BCUT2D eigenvalue weighted by atomic mass is 18.2. The van der Waals surface area contributed by atoms with Crippen molar-refractivity contribution >= 4 is 45.7 Å². The van der Waals surface area contributed by atoms with Crippen LogP contribution in [0.4, 0.5) is 39.5 Å². The monoisotopic (exact) mass is 1570 g/mol. The summed E-state index contributed by atoms with van der Waals surface area (Å²) in [5, 5.41) is 133. The maximum absolute atomic E-state index is 13.1. The van der Waals surface area contributed by atoms with Crippen molar-refractivity contribution in [2.75, 3.05) is 0 Å². The number of hydrogen-bond acceptors (Lipinski definition) is 16. The lowest BCUT2D eigenvalue weighted by Crippen LogP contribution is -2.00. The molecule has 0 saturated carbocycles. The SMILES string of the molecule is CC(=N)CCCc1cc(O)cc([18F])c1.CC(=N)CCCc1cc([18F])cc(O)c1O.CC(=N)CCCc1cc([18F])cc([18F])c1O.CC(=N)CCCc1cccc([18F])c1.CC(=N)CCCc1ccccc1[18F].CC(=N)CC[C@H](O)c1ccc([18F])c(O)c1.CC(=N)CC[C@H](O)c1ccc([18F])cc1.CC(=N)CC[C@H](O)c1cccc([18F])c1. The molecule has 0 aliphatic rings. The molecule has 614 valence electrons. The number of aliphatic hydroxyl groups is 3. The number of aromatic hydroxyl groups is 5. The fourth-order valence-electron chi connectivity index (χ4n) is 10.3. The van der Waals surface area contributed by atoms with Gasteiger partial charge in [0.25, 0.3) is 0 Å². The lowest BCUT2D eigenvalue weighted by molar-refractivity contribution is 0.169. The Bertz CT molecular complexity index is 4200. The predicted octanol–water partition coefficient (Wildman–Crippen LogP) is 22.6. The minimum absolute atomic E-state index is 0.0356. The van der Waals surface area contributed by atoms with Crippen LogP contribution in [0.1, 0.15) is 221 Å². The van der Waals surface area contributed by atoms with Crippen LogP contribution in [0.2, 0.25) is 0 Å². The molecule has 8 aromatic carbocycles. The zero-order valence-corrected chi connectivity index (χ0v) is 65.6. The average molecular weight is 1570 g/mol. The van der Waals surface area contributed by atoms with Crippen molar-refractivity contribution in [3.8, 4) is 28.7 Å². The molecule has 0 spiro atoms. The van der Waals surface area contributed by atoms with Gasteiger partial charge in [0.15, 0.2) is 34.6 Å². The Labute approximate surface area is 658 Å². The highest BCUT2D eigenvalue weighted by Crippen LogP contribution is 2.32. The highest BCUT2D eigenvalue weighted by molar-refractivity contribution is 5.81. The van der Waals surface area contributed by atoms with E-state index >= 15 is 0 Å². The first kappa shape index (κ1) is 100. The summed E-state index contributed by atoms with van der Waals surface area (Å²) in [6.45, 7) is 13.8. The summed E-state index contributed by atoms with van der Waals surface area (Å²) in [7, 11) is 0. The van der Waals surface area contributed by atoms with Gasteiger partial charge in [-0.05, 0) is 308 Å². The number of halogens is 9. The Balaban J connectivity index is 0.000000646. The van der Waals surface area contributed by atoms with Crippen molar-refractivity contribution in [2.24, 2.45) is 0 Å². The van der Waals surface area contributed by atoms with Gasteiger partial charge in [-0.15, -0.1) is 0 Å². The highest BCUT2D eigenvalue weighted by Gasteiger charge is 2.15. The molecule has 16 nitrogen and oxygen atoms in total. The molecule has 0 bridgehead atoms. The smallest absolute Gasteiger partial charge is 0.168 e. The zero-order chi connectivity index (χ0) is 85.3. The van der Waals surface area contributed by atoms with E-state index in [2.05, 4.69) is 0 Å². The quantitative estimate of drug-likeness (QED) is 0.0109. The van der Waals surface area contributed by atoms with Gasteiger partial charge in [0.2, 0.25) is 0 Å². The molecular formula is C88H111F9N8O8.